The number of piperazine rings is 1. The summed E-state index contributed by atoms with van der Waals surface area (Å²) in [5, 5.41) is 10.4. The lowest BCUT2D eigenvalue weighted by Gasteiger charge is -2.60. The van der Waals surface area contributed by atoms with Gasteiger partial charge in [0.15, 0.2) is 23.1 Å². The van der Waals surface area contributed by atoms with Crippen LogP contribution in [-0.2, 0) is 38.2 Å². The zero-order valence-electron chi connectivity index (χ0n) is 21.7. The van der Waals surface area contributed by atoms with Gasteiger partial charge in [-0.2, -0.15) is 5.26 Å². The Morgan fingerprint density at radius 2 is 1.42 bits per heavy atom. The number of nitrogens with zero attached hydrogens (tertiary/aromatic N) is 3. The Morgan fingerprint density at radius 1 is 0.895 bits per heavy atom. The molecular formula is C27H27N3O8. The average molecular weight is 522 g/mol. The van der Waals surface area contributed by atoms with Gasteiger partial charge in [0.05, 0.1) is 32.4 Å². The topological polar surface area (TPSA) is 143 Å². The van der Waals surface area contributed by atoms with Gasteiger partial charge < -0.3 is 14.2 Å². The molecule has 2 aliphatic carbocycles. The van der Waals surface area contributed by atoms with E-state index in [1.807, 2.05) is 4.90 Å². The maximum absolute atomic E-state index is 13.7. The first-order valence-corrected chi connectivity index (χ1v) is 12.2. The molecule has 2 bridgehead atoms. The highest BCUT2D eigenvalue weighted by atomic mass is 16.5. The molecule has 0 unspecified atom stereocenters. The van der Waals surface area contributed by atoms with E-state index in [1.54, 1.807) is 18.9 Å². The first-order chi connectivity index (χ1) is 18.1. The van der Waals surface area contributed by atoms with Crippen molar-refractivity contribution in [3.63, 3.8) is 0 Å². The number of carbonyl (C=O) groups is 5. The van der Waals surface area contributed by atoms with Crippen LogP contribution in [0.5, 0.6) is 0 Å². The van der Waals surface area contributed by atoms with Gasteiger partial charge in [0, 0.05) is 45.5 Å². The Bertz CT molecular complexity index is 1380. The standard InChI is InChI=1S/C27H27N3O8/c1-11-22(32)13-7-16-21-20-14(23(33)12(2)27(37-5)25(20)35)6-15(29(21)3)17(8-28)30(16)18(9-38-10-31)19(13)24(34)26(11)36-4/h10,15-18,21H,6-7,9H2,1-5H3/t15-,16-,17-,18-,21-/m0/s1. The second-order valence-corrected chi connectivity index (χ2v) is 10.0. The molecule has 3 aliphatic heterocycles. The summed E-state index contributed by atoms with van der Waals surface area (Å²) in [6, 6.07) is -1.25. The van der Waals surface area contributed by atoms with Gasteiger partial charge in [0.1, 0.15) is 12.6 Å². The number of nitriles is 1. The number of ketones is 4. The van der Waals surface area contributed by atoms with Gasteiger partial charge >= 0.3 is 0 Å². The number of allylic oxidation sites excluding steroid dienone is 4. The smallest absolute Gasteiger partial charge is 0.293 e. The Kier molecular flexibility index (Phi) is 6.20. The second kappa shape index (κ2) is 9.15. The number of fused-ring (bicyclic) bond motifs is 5. The van der Waals surface area contributed by atoms with E-state index in [9.17, 15) is 29.2 Å². The van der Waals surface area contributed by atoms with Gasteiger partial charge in [0.2, 0.25) is 11.6 Å². The molecule has 38 heavy (non-hydrogen) atoms. The summed E-state index contributed by atoms with van der Waals surface area (Å²) >= 11 is 0. The van der Waals surface area contributed by atoms with Gasteiger partial charge in [-0.1, -0.05) is 0 Å². The number of methoxy groups -OCH3 is 2. The summed E-state index contributed by atoms with van der Waals surface area (Å²) in [6.07, 6.45) is 0.195. The first-order valence-electron chi connectivity index (χ1n) is 12.2. The van der Waals surface area contributed by atoms with Gasteiger partial charge in [-0.25, -0.2) is 0 Å². The Hall–Kier alpha value is -3.88. The van der Waals surface area contributed by atoms with Crippen LogP contribution in [-0.4, -0.2) is 97.5 Å². The first kappa shape index (κ1) is 25.8. The Morgan fingerprint density at radius 3 is 1.95 bits per heavy atom. The Balaban J connectivity index is 1.73. The van der Waals surface area contributed by atoms with Crippen molar-refractivity contribution in [2.45, 2.75) is 56.9 Å². The molecule has 0 amide bonds. The van der Waals surface area contributed by atoms with Crippen LogP contribution in [0.2, 0.25) is 0 Å². The van der Waals surface area contributed by atoms with Crippen molar-refractivity contribution in [1.29, 1.82) is 5.26 Å². The molecule has 0 aromatic carbocycles. The second-order valence-electron chi connectivity index (χ2n) is 10.0. The molecule has 0 spiro atoms. The molecule has 0 saturated carbocycles. The molecule has 11 nitrogen and oxygen atoms in total. The average Bonchev–Trinajstić information content (AvgIpc) is 2.89. The molecule has 5 atom stereocenters. The summed E-state index contributed by atoms with van der Waals surface area (Å²) in [4.78, 5) is 69.0. The zero-order chi connectivity index (χ0) is 27.6. The summed E-state index contributed by atoms with van der Waals surface area (Å²) in [7, 11) is 4.43. The van der Waals surface area contributed by atoms with Gasteiger partial charge in [-0.3, -0.25) is 33.8 Å². The van der Waals surface area contributed by atoms with Crippen molar-refractivity contribution in [3.8, 4) is 6.07 Å². The van der Waals surface area contributed by atoms with Crippen LogP contribution in [0, 0.1) is 11.3 Å². The molecule has 1 fully saturated rings. The number of hydrogen-bond acceptors (Lipinski definition) is 11. The van der Waals surface area contributed by atoms with Crippen molar-refractivity contribution < 1.29 is 38.2 Å². The number of likely N-dealkylation sites (N-methyl/N-ethyl adjacent to an activating group) is 1. The third-order valence-electron chi connectivity index (χ3n) is 8.54. The fourth-order valence-electron chi connectivity index (χ4n) is 6.91. The minimum Gasteiger partial charge on any atom is -0.492 e. The number of rotatable bonds is 5. The van der Waals surface area contributed by atoms with Gasteiger partial charge in [-0.05, 0) is 33.7 Å². The predicted molar refractivity (Wildman–Crippen MR) is 129 cm³/mol. The highest BCUT2D eigenvalue weighted by Gasteiger charge is 2.60. The number of ether oxygens (including phenoxy) is 3. The fourth-order valence-corrected chi connectivity index (χ4v) is 6.91. The molecular weight excluding hydrogens is 494 g/mol. The molecule has 3 heterocycles. The molecule has 0 aromatic rings. The van der Waals surface area contributed by atoms with Crippen molar-refractivity contribution in [2.75, 3.05) is 27.9 Å². The van der Waals surface area contributed by atoms with E-state index in [0.29, 0.717) is 5.57 Å². The van der Waals surface area contributed by atoms with Crippen molar-refractivity contribution >= 4 is 29.6 Å². The molecule has 5 aliphatic rings. The van der Waals surface area contributed by atoms with E-state index in [4.69, 9.17) is 14.2 Å². The number of Topliss-reactive ketones (excluding diaryl/α,β-unsaturated/α-hetero) is 4. The highest BCUT2D eigenvalue weighted by Crippen LogP contribution is 2.49. The minimum absolute atomic E-state index is 0.0291. The lowest BCUT2D eigenvalue weighted by molar-refractivity contribution is -0.135. The minimum atomic E-state index is -0.928. The van der Waals surface area contributed by atoms with Crippen LogP contribution in [0.4, 0.5) is 0 Å². The SMILES string of the molecule is COC1=C(C)C(=O)C2=C(C1=O)[C@@H]1[C@@H]3CC4=C(C(=O)C(OC)=C(C)C4=O)[C@H](COC=O)N3[C@@H](C#N)[C@H](C2)N1C. The molecule has 0 aromatic heterocycles. The third-order valence-corrected chi connectivity index (χ3v) is 8.54. The lowest BCUT2D eigenvalue weighted by atomic mass is 9.67. The molecule has 5 rings (SSSR count). The molecule has 0 N–H and O–H groups in total. The van der Waals surface area contributed by atoms with Crippen molar-refractivity contribution in [3.05, 3.63) is 45.0 Å². The largest absolute Gasteiger partial charge is 0.492 e. The van der Waals surface area contributed by atoms with E-state index in [-0.39, 0.29) is 76.9 Å². The Labute approximate surface area is 219 Å². The van der Waals surface area contributed by atoms with E-state index in [0.717, 1.165) is 0 Å². The molecule has 198 valence electrons. The number of carbonyl (C=O) groups excluding carboxylic acids is 5. The van der Waals surface area contributed by atoms with E-state index >= 15 is 0 Å². The van der Waals surface area contributed by atoms with Crippen molar-refractivity contribution in [2.24, 2.45) is 0 Å². The monoisotopic (exact) mass is 521 g/mol. The zero-order valence-corrected chi connectivity index (χ0v) is 21.7. The maximum atomic E-state index is 13.7. The van der Waals surface area contributed by atoms with Gasteiger partial charge in [-0.15, -0.1) is 0 Å². The van der Waals surface area contributed by atoms with Crippen LogP contribution in [0.25, 0.3) is 0 Å². The normalized spacial score (nSPS) is 31.6. The van der Waals surface area contributed by atoms with Crippen molar-refractivity contribution in [1.82, 2.24) is 9.80 Å². The quantitative estimate of drug-likeness (QED) is 0.364. The molecule has 1 saturated heterocycles. The summed E-state index contributed by atoms with van der Waals surface area (Å²) in [6.45, 7) is 3.02. The van der Waals surface area contributed by atoms with E-state index in [2.05, 4.69) is 6.07 Å². The molecule has 11 heteroatoms. The van der Waals surface area contributed by atoms with E-state index < -0.39 is 41.8 Å². The summed E-state index contributed by atoms with van der Waals surface area (Å²) in [5.41, 5.74) is 1.37. The van der Waals surface area contributed by atoms with E-state index in [1.165, 1.54) is 21.1 Å². The van der Waals surface area contributed by atoms with Crippen LogP contribution < -0.4 is 0 Å². The molecule has 0 radical (unpaired) electrons. The summed E-state index contributed by atoms with van der Waals surface area (Å²) < 4.78 is 15.7. The fraction of sp³-hybridized carbons (Fsp3) is 0.481. The summed E-state index contributed by atoms with van der Waals surface area (Å²) in [5.74, 6) is -1.70. The predicted octanol–water partition coefficient (Wildman–Crippen LogP) is 0.318. The maximum Gasteiger partial charge on any atom is 0.293 e. The van der Waals surface area contributed by atoms with Crippen LogP contribution >= 0.6 is 0 Å². The lowest BCUT2D eigenvalue weighted by Crippen LogP contribution is -2.74. The highest BCUT2D eigenvalue weighted by molar-refractivity contribution is 6.26. The number of hydrogen-bond donors (Lipinski definition) is 0. The van der Waals surface area contributed by atoms with Crippen LogP contribution in [0.1, 0.15) is 26.7 Å². The van der Waals surface area contributed by atoms with Gasteiger partial charge in [0.25, 0.3) is 6.47 Å². The third kappa shape index (κ3) is 3.23. The van der Waals surface area contributed by atoms with Crippen LogP contribution in [0.3, 0.4) is 0 Å². The van der Waals surface area contributed by atoms with Crippen LogP contribution in [0.15, 0.2) is 45.0 Å².